The maximum absolute atomic E-state index is 12.8. The van der Waals surface area contributed by atoms with Crippen LogP contribution in [0.3, 0.4) is 0 Å². The maximum Gasteiger partial charge on any atom is 0.410 e. The Hall–Kier alpha value is -3.10. The van der Waals surface area contributed by atoms with Gasteiger partial charge in [-0.1, -0.05) is 42.5 Å². The number of ether oxygens (including phenoxy) is 3. The summed E-state index contributed by atoms with van der Waals surface area (Å²) in [5.74, 6) is -0.312. The van der Waals surface area contributed by atoms with Crippen molar-refractivity contribution in [3.63, 3.8) is 0 Å². The fraction of sp³-hybridized carbons (Fsp3) is 0.481. The quantitative estimate of drug-likeness (QED) is 0.492. The molecule has 0 bridgehead atoms. The van der Waals surface area contributed by atoms with Crippen molar-refractivity contribution in [2.24, 2.45) is 0 Å². The average Bonchev–Trinajstić information content (AvgIpc) is 2.80. The first-order chi connectivity index (χ1) is 16.3. The Bertz CT molecular complexity index is 952. The van der Waals surface area contributed by atoms with Crippen molar-refractivity contribution in [3.05, 3.63) is 65.7 Å². The fourth-order valence-electron chi connectivity index (χ4n) is 3.41. The Morgan fingerprint density at radius 1 is 0.971 bits per heavy atom. The van der Waals surface area contributed by atoms with Crippen LogP contribution in [0.1, 0.15) is 45.7 Å². The lowest BCUT2D eigenvalue weighted by Gasteiger charge is -2.38. The van der Waals surface area contributed by atoms with Gasteiger partial charge in [0.2, 0.25) is 0 Å². The lowest BCUT2D eigenvalue weighted by molar-refractivity contribution is -0.179. The summed E-state index contributed by atoms with van der Waals surface area (Å²) in [5, 5.41) is 21.8. The third-order valence-corrected chi connectivity index (χ3v) is 5.42. The van der Waals surface area contributed by atoms with Crippen molar-refractivity contribution in [1.29, 1.82) is 0 Å². The summed E-state index contributed by atoms with van der Waals surface area (Å²) in [7, 11) is 1.46. The maximum atomic E-state index is 12.8. The highest BCUT2D eigenvalue weighted by Crippen LogP contribution is 2.24. The van der Waals surface area contributed by atoms with Gasteiger partial charge in [0.15, 0.2) is 5.60 Å². The lowest BCUT2D eigenvalue weighted by atomic mass is 9.88. The molecule has 0 aromatic heterocycles. The molecule has 0 aliphatic rings. The van der Waals surface area contributed by atoms with Crippen molar-refractivity contribution in [3.8, 4) is 5.75 Å². The number of aliphatic hydroxyl groups is 2. The first-order valence-electron chi connectivity index (χ1n) is 11.6. The first-order valence-corrected chi connectivity index (χ1v) is 11.6. The summed E-state index contributed by atoms with van der Waals surface area (Å²) in [6.07, 6.45) is -2.19. The molecule has 0 heterocycles. The molecule has 0 aliphatic carbocycles. The fourth-order valence-corrected chi connectivity index (χ4v) is 3.41. The molecule has 0 fully saturated rings. The normalized spacial score (nSPS) is 14.9. The predicted octanol–water partition coefficient (Wildman–Crippen LogP) is 3.72. The highest BCUT2D eigenvalue weighted by atomic mass is 16.6. The number of amides is 1. The van der Waals surface area contributed by atoms with Gasteiger partial charge in [-0.15, -0.1) is 0 Å². The summed E-state index contributed by atoms with van der Waals surface area (Å²) in [5.41, 5.74) is -1.20. The van der Waals surface area contributed by atoms with E-state index in [-0.39, 0.29) is 13.0 Å². The number of nitrogens with zero attached hydrogens (tertiary/aromatic N) is 1. The van der Waals surface area contributed by atoms with Crippen molar-refractivity contribution in [2.45, 2.75) is 71.0 Å². The van der Waals surface area contributed by atoms with Crippen LogP contribution in [-0.2, 0) is 27.3 Å². The van der Waals surface area contributed by atoms with Gasteiger partial charge in [0.1, 0.15) is 24.1 Å². The van der Waals surface area contributed by atoms with Gasteiger partial charge in [0, 0.05) is 7.05 Å². The van der Waals surface area contributed by atoms with Gasteiger partial charge >= 0.3 is 12.1 Å². The van der Waals surface area contributed by atoms with Gasteiger partial charge in [-0.25, -0.2) is 9.59 Å². The van der Waals surface area contributed by atoms with E-state index < -0.39 is 35.4 Å². The summed E-state index contributed by atoms with van der Waals surface area (Å²) >= 11 is 0. The zero-order chi connectivity index (χ0) is 26.2. The number of esters is 1. The lowest BCUT2D eigenvalue weighted by Crippen LogP contribution is -2.59. The molecule has 192 valence electrons. The molecule has 0 saturated heterocycles. The van der Waals surface area contributed by atoms with E-state index in [1.807, 2.05) is 42.5 Å². The van der Waals surface area contributed by atoms with E-state index in [9.17, 15) is 19.8 Å². The van der Waals surface area contributed by atoms with E-state index >= 15 is 0 Å². The summed E-state index contributed by atoms with van der Waals surface area (Å²) < 4.78 is 16.2. The predicted molar refractivity (Wildman–Crippen MR) is 132 cm³/mol. The Kier molecular flexibility index (Phi) is 9.68. The second-order valence-corrected chi connectivity index (χ2v) is 9.59. The number of carbonyl (C=O) groups excluding carboxylic acids is 2. The van der Waals surface area contributed by atoms with E-state index in [1.165, 1.54) is 18.9 Å². The van der Waals surface area contributed by atoms with Crippen LogP contribution in [0.15, 0.2) is 54.6 Å². The minimum atomic E-state index is -2.24. The average molecular weight is 488 g/mol. The number of hydrogen-bond acceptors (Lipinski definition) is 7. The van der Waals surface area contributed by atoms with Gasteiger partial charge < -0.3 is 29.3 Å². The highest BCUT2D eigenvalue weighted by molar-refractivity contribution is 5.80. The van der Waals surface area contributed by atoms with Crippen molar-refractivity contribution in [1.82, 2.24) is 4.90 Å². The SMILES string of the molecule is CCOC(=O)[C@@](C)(O)[C@@H](O)[C@@H](Cc1ccc(OCc2ccccc2)cc1)N(C)C(=O)OC(C)(C)C. The zero-order valence-corrected chi connectivity index (χ0v) is 21.4. The minimum absolute atomic E-state index is 0.0404. The van der Waals surface area contributed by atoms with E-state index in [0.717, 1.165) is 11.1 Å². The van der Waals surface area contributed by atoms with Crippen LogP contribution < -0.4 is 4.74 Å². The molecule has 2 rings (SSSR count). The molecule has 0 radical (unpaired) electrons. The molecule has 0 saturated carbocycles. The number of benzene rings is 2. The molecular weight excluding hydrogens is 450 g/mol. The summed E-state index contributed by atoms with van der Waals surface area (Å²) in [4.78, 5) is 26.3. The van der Waals surface area contributed by atoms with Crippen molar-refractivity contribution >= 4 is 12.1 Å². The second-order valence-electron chi connectivity index (χ2n) is 9.59. The standard InChI is InChI=1S/C27H37NO7/c1-7-33-24(30)27(5,32)23(29)22(28(6)25(31)35-26(2,3)4)17-19-13-15-21(16-14-19)34-18-20-11-9-8-10-12-20/h8-16,22-23,29,32H,7,17-18H2,1-6H3/t22-,23+,27+/m1/s1. The number of aliphatic hydroxyl groups excluding tert-OH is 1. The topological polar surface area (TPSA) is 106 Å². The molecule has 3 atom stereocenters. The smallest absolute Gasteiger partial charge is 0.410 e. The molecular formula is C27H37NO7. The molecule has 0 unspecified atom stereocenters. The van der Waals surface area contributed by atoms with Gasteiger partial charge in [0.05, 0.1) is 12.6 Å². The molecule has 0 spiro atoms. The van der Waals surface area contributed by atoms with Crippen LogP contribution in [0.4, 0.5) is 4.79 Å². The number of rotatable bonds is 10. The molecule has 8 nitrogen and oxygen atoms in total. The first kappa shape index (κ1) is 28.1. The van der Waals surface area contributed by atoms with Crippen LogP contribution in [0, 0.1) is 0 Å². The molecule has 2 N–H and O–H groups in total. The van der Waals surface area contributed by atoms with Crippen LogP contribution in [-0.4, -0.2) is 64.2 Å². The van der Waals surface area contributed by atoms with Gasteiger partial charge in [0.25, 0.3) is 0 Å². The largest absolute Gasteiger partial charge is 0.489 e. The van der Waals surface area contributed by atoms with Crippen LogP contribution in [0.25, 0.3) is 0 Å². The molecule has 1 amide bonds. The van der Waals surface area contributed by atoms with E-state index in [0.29, 0.717) is 12.4 Å². The van der Waals surface area contributed by atoms with Gasteiger partial charge in [-0.3, -0.25) is 0 Å². The Labute approximate surface area is 207 Å². The Morgan fingerprint density at radius 3 is 2.11 bits per heavy atom. The second kappa shape index (κ2) is 12.0. The third kappa shape index (κ3) is 8.26. The summed E-state index contributed by atoms with van der Waals surface area (Å²) in [6, 6.07) is 16.0. The zero-order valence-electron chi connectivity index (χ0n) is 21.4. The molecule has 8 heteroatoms. The van der Waals surface area contributed by atoms with E-state index in [2.05, 4.69) is 0 Å². The van der Waals surface area contributed by atoms with Crippen molar-refractivity contribution < 1.29 is 34.0 Å². The highest BCUT2D eigenvalue weighted by Gasteiger charge is 2.46. The number of hydrogen-bond donors (Lipinski definition) is 2. The number of likely N-dealkylation sites (N-methyl/N-ethyl adjacent to an activating group) is 1. The van der Waals surface area contributed by atoms with Crippen LogP contribution >= 0.6 is 0 Å². The van der Waals surface area contributed by atoms with Gasteiger partial charge in [-0.05, 0) is 64.3 Å². The van der Waals surface area contributed by atoms with Crippen LogP contribution in [0.5, 0.6) is 5.75 Å². The van der Waals surface area contributed by atoms with Crippen LogP contribution in [0.2, 0.25) is 0 Å². The van der Waals surface area contributed by atoms with E-state index in [1.54, 1.807) is 39.8 Å². The van der Waals surface area contributed by atoms with Crippen molar-refractivity contribution in [2.75, 3.05) is 13.7 Å². The van der Waals surface area contributed by atoms with E-state index in [4.69, 9.17) is 14.2 Å². The molecule has 0 aliphatic heterocycles. The Morgan fingerprint density at radius 2 is 1.57 bits per heavy atom. The van der Waals surface area contributed by atoms with Gasteiger partial charge in [-0.2, -0.15) is 0 Å². The Balaban J connectivity index is 2.22. The number of carbonyl (C=O) groups is 2. The third-order valence-electron chi connectivity index (χ3n) is 5.42. The molecule has 2 aromatic rings. The summed E-state index contributed by atoms with van der Waals surface area (Å²) in [6.45, 7) is 8.43. The monoisotopic (exact) mass is 487 g/mol. The molecule has 35 heavy (non-hydrogen) atoms. The molecule has 2 aromatic carbocycles. The minimum Gasteiger partial charge on any atom is -0.489 e.